The molecule has 0 aliphatic heterocycles. The molecule has 0 radical (unpaired) electrons. The third-order valence-electron chi connectivity index (χ3n) is 1.05. The second-order valence-electron chi connectivity index (χ2n) is 2.16. The minimum Gasteiger partial charge on any atom is -0.396 e. The van der Waals surface area contributed by atoms with Crippen molar-refractivity contribution in [3.05, 3.63) is 0 Å². The molecule has 0 fully saturated rings. The van der Waals surface area contributed by atoms with Crippen molar-refractivity contribution >= 4 is 46.7 Å². The van der Waals surface area contributed by atoms with Gasteiger partial charge in [0.05, 0.1) is 12.0 Å². The highest BCUT2D eigenvalue weighted by Crippen LogP contribution is 2.13. The van der Waals surface area contributed by atoms with Gasteiger partial charge in [0.1, 0.15) is 0 Å². The number of hydrogen-bond donors (Lipinski definition) is 1. The van der Waals surface area contributed by atoms with Crippen molar-refractivity contribution in [3.63, 3.8) is 0 Å². The molecule has 1 unspecified atom stereocenters. The SMILES string of the molecule is OCCSCC(Cl)CSCCCl. The Hall–Kier alpha value is 1.24. The van der Waals surface area contributed by atoms with E-state index >= 15 is 0 Å². The van der Waals surface area contributed by atoms with Crippen molar-refractivity contribution in [1.82, 2.24) is 0 Å². The van der Waals surface area contributed by atoms with Crippen molar-refractivity contribution in [2.24, 2.45) is 0 Å². The maximum Gasteiger partial charge on any atom is 0.0521 e. The van der Waals surface area contributed by atoms with E-state index < -0.39 is 0 Å². The minimum atomic E-state index is 0.203. The Morgan fingerprint density at radius 1 is 1.17 bits per heavy atom. The first kappa shape index (κ1) is 13.2. The zero-order valence-electron chi connectivity index (χ0n) is 6.84. The van der Waals surface area contributed by atoms with E-state index in [1.165, 1.54) is 0 Å². The van der Waals surface area contributed by atoms with Gasteiger partial charge in [0.15, 0.2) is 0 Å². The molecule has 12 heavy (non-hydrogen) atoms. The van der Waals surface area contributed by atoms with Crippen LogP contribution in [0.5, 0.6) is 0 Å². The molecule has 0 aromatic carbocycles. The molecule has 0 saturated heterocycles. The molecule has 0 amide bonds. The lowest BCUT2D eigenvalue weighted by Gasteiger charge is -2.06. The lowest BCUT2D eigenvalue weighted by molar-refractivity contribution is 0.322. The van der Waals surface area contributed by atoms with Gasteiger partial charge in [-0.05, 0) is 0 Å². The molecule has 0 aromatic rings. The summed E-state index contributed by atoms with van der Waals surface area (Å²) in [5, 5.41) is 8.71. The summed E-state index contributed by atoms with van der Waals surface area (Å²) in [6.45, 7) is 0.239. The van der Waals surface area contributed by atoms with E-state index in [0.717, 1.165) is 23.0 Å². The molecule has 0 aliphatic rings. The van der Waals surface area contributed by atoms with Gasteiger partial charge in [-0.15, -0.1) is 23.2 Å². The van der Waals surface area contributed by atoms with Gasteiger partial charge in [-0.25, -0.2) is 0 Å². The number of halogens is 2. The van der Waals surface area contributed by atoms with Gasteiger partial charge in [0.25, 0.3) is 0 Å². The predicted molar refractivity (Wildman–Crippen MR) is 62.1 cm³/mol. The van der Waals surface area contributed by atoms with Gasteiger partial charge in [0.2, 0.25) is 0 Å². The van der Waals surface area contributed by atoms with Gasteiger partial charge in [-0.2, -0.15) is 23.5 Å². The molecule has 0 spiro atoms. The third-order valence-corrected chi connectivity index (χ3v) is 4.38. The zero-order chi connectivity index (χ0) is 9.23. The fourth-order valence-electron chi connectivity index (χ4n) is 0.590. The van der Waals surface area contributed by atoms with Crippen LogP contribution in [0.25, 0.3) is 0 Å². The largest absolute Gasteiger partial charge is 0.396 e. The quantitative estimate of drug-likeness (QED) is 0.526. The van der Waals surface area contributed by atoms with E-state index in [0.29, 0.717) is 5.88 Å². The summed E-state index contributed by atoms with van der Waals surface area (Å²) < 4.78 is 0. The first-order chi connectivity index (χ1) is 5.81. The highest BCUT2D eigenvalue weighted by atomic mass is 35.5. The fourth-order valence-corrected chi connectivity index (χ4v) is 2.92. The fraction of sp³-hybridized carbons (Fsp3) is 1.00. The number of hydrogen-bond acceptors (Lipinski definition) is 3. The van der Waals surface area contributed by atoms with Crippen LogP contribution in [0, 0.1) is 0 Å². The van der Waals surface area contributed by atoms with Crippen LogP contribution in [0.15, 0.2) is 0 Å². The van der Waals surface area contributed by atoms with Gasteiger partial charge < -0.3 is 5.11 Å². The second-order valence-corrected chi connectivity index (χ2v) is 5.45. The lowest BCUT2D eigenvalue weighted by Crippen LogP contribution is -2.07. The van der Waals surface area contributed by atoms with E-state index in [4.69, 9.17) is 28.3 Å². The summed E-state index contributed by atoms with van der Waals surface area (Å²) in [5.41, 5.74) is 0. The Morgan fingerprint density at radius 2 is 1.75 bits per heavy atom. The number of thioether (sulfide) groups is 2. The number of alkyl halides is 2. The van der Waals surface area contributed by atoms with Crippen molar-refractivity contribution in [2.45, 2.75) is 5.38 Å². The average Bonchev–Trinajstić information content (AvgIpc) is 2.06. The van der Waals surface area contributed by atoms with E-state index in [9.17, 15) is 0 Å². The Morgan fingerprint density at radius 3 is 2.25 bits per heavy atom. The summed E-state index contributed by atoms with van der Waals surface area (Å²) in [7, 11) is 0. The molecule has 0 bridgehead atoms. The van der Waals surface area contributed by atoms with Gasteiger partial charge >= 0.3 is 0 Å². The molecule has 1 atom stereocenters. The molecule has 0 heterocycles. The number of aliphatic hydroxyl groups excluding tert-OH is 1. The molecule has 0 aliphatic carbocycles. The Bertz CT molecular complexity index is 85.5. The van der Waals surface area contributed by atoms with E-state index in [2.05, 4.69) is 0 Å². The second kappa shape index (κ2) is 10.3. The van der Waals surface area contributed by atoms with Crippen LogP contribution in [0.2, 0.25) is 0 Å². The molecule has 5 heteroatoms. The van der Waals surface area contributed by atoms with Crippen LogP contribution in [-0.4, -0.2) is 46.0 Å². The van der Waals surface area contributed by atoms with Crippen molar-refractivity contribution in [2.75, 3.05) is 35.5 Å². The first-order valence-electron chi connectivity index (χ1n) is 3.77. The van der Waals surface area contributed by atoms with E-state index in [-0.39, 0.29) is 12.0 Å². The van der Waals surface area contributed by atoms with Crippen molar-refractivity contribution in [3.8, 4) is 0 Å². The first-order valence-corrected chi connectivity index (χ1v) is 7.05. The summed E-state index contributed by atoms with van der Waals surface area (Å²) in [6, 6.07) is 0. The summed E-state index contributed by atoms with van der Waals surface area (Å²) >= 11 is 15.0. The van der Waals surface area contributed by atoms with Gasteiger partial charge in [-0.3, -0.25) is 0 Å². The topological polar surface area (TPSA) is 20.2 Å². The normalized spacial score (nSPS) is 13.2. The Balaban J connectivity index is 3.04. The minimum absolute atomic E-state index is 0.203. The lowest BCUT2D eigenvalue weighted by atomic mass is 10.6. The van der Waals surface area contributed by atoms with Crippen LogP contribution in [-0.2, 0) is 0 Å². The predicted octanol–water partition coefficient (Wildman–Crippen LogP) is 2.29. The van der Waals surface area contributed by atoms with Gasteiger partial charge in [0, 0.05) is 28.9 Å². The summed E-state index contributed by atoms with van der Waals surface area (Å²) in [5.74, 6) is 4.31. The van der Waals surface area contributed by atoms with Gasteiger partial charge in [-0.1, -0.05) is 0 Å². The Kier molecular flexibility index (Phi) is 11.4. The smallest absolute Gasteiger partial charge is 0.0521 e. The monoisotopic (exact) mass is 248 g/mol. The average molecular weight is 249 g/mol. The summed E-state index contributed by atoms with van der Waals surface area (Å²) in [4.78, 5) is 0. The van der Waals surface area contributed by atoms with E-state index in [1.54, 1.807) is 23.5 Å². The summed E-state index contributed by atoms with van der Waals surface area (Å²) in [6.07, 6.45) is 0. The number of aliphatic hydroxyl groups is 1. The van der Waals surface area contributed by atoms with Crippen molar-refractivity contribution < 1.29 is 5.11 Å². The molecule has 74 valence electrons. The van der Waals surface area contributed by atoms with Crippen LogP contribution < -0.4 is 0 Å². The van der Waals surface area contributed by atoms with Crippen molar-refractivity contribution in [1.29, 1.82) is 0 Å². The number of rotatable bonds is 8. The van der Waals surface area contributed by atoms with Crippen LogP contribution in [0.1, 0.15) is 0 Å². The molecular formula is C7H14Cl2OS2. The highest BCUT2D eigenvalue weighted by molar-refractivity contribution is 8.00. The van der Waals surface area contributed by atoms with Crippen LogP contribution in [0.3, 0.4) is 0 Å². The maximum atomic E-state index is 8.51. The standard InChI is InChI=1S/C7H14Cl2OS2/c8-1-3-11-5-7(9)6-12-4-2-10/h7,10H,1-6H2. The molecule has 1 N–H and O–H groups in total. The molecular weight excluding hydrogens is 235 g/mol. The zero-order valence-corrected chi connectivity index (χ0v) is 9.98. The third kappa shape index (κ3) is 9.33. The highest BCUT2D eigenvalue weighted by Gasteiger charge is 2.03. The molecule has 0 aromatic heterocycles. The maximum absolute atomic E-state index is 8.51. The van der Waals surface area contributed by atoms with Crippen LogP contribution in [0.4, 0.5) is 0 Å². The molecule has 0 saturated carbocycles. The van der Waals surface area contributed by atoms with E-state index in [1.807, 2.05) is 0 Å². The Labute approximate surface area is 92.6 Å². The van der Waals surface area contributed by atoms with Crippen LogP contribution >= 0.6 is 46.7 Å². The molecule has 1 nitrogen and oxygen atoms in total. The molecule has 0 rings (SSSR count).